The second-order valence-electron chi connectivity index (χ2n) is 6.18. The van der Waals surface area contributed by atoms with Crippen LogP contribution in [0.5, 0.6) is 0 Å². The third kappa shape index (κ3) is 3.83. The highest BCUT2D eigenvalue weighted by Crippen LogP contribution is 2.25. The standard InChI is InChI=1S/C22H19N3OS/c1-2-16-8-10-17(11-9-16)20-15-27-22(23-20)24-21(26)18-6-5-7-19(14-18)25-12-3-4-13-25/h3-15H,2H2,1H3,(H,23,24,26). The molecule has 0 aliphatic heterocycles. The van der Waals surface area contributed by atoms with E-state index in [0.717, 1.165) is 23.4 Å². The largest absolute Gasteiger partial charge is 0.324 e. The number of carbonyl (C=O) groups is 1. The Morgan fingerprint density at radius 2 is 1.85 bits per heavy atom. The first-order chi connectivity index (χ1) is 13.2. The van der Waals surface area contributed by atoms with Gasteiger partial charge in [-0.15, -0.1) is 11.3 Å². The summed E-state index contributed by atoms with van der Waals surface area (Å²) in [6, 6.07) is 19.8. The Balaban J connectivity index is 1.50. The fourth-order valence-electron chi connectivity index (χ4n) is 2.86. The molecule has 0 spiro atoms. The maximum Gasteiger partial charge on any atom is 0.257 e. The van der Waals surface area contributed by atoms with Crippen LogP contribution in [0.4, 0.5) is 5.13 Å². The van der Waals surface area contributed by atoms with Crippen molar-refractivity contribution in [3.8, 4) is 16.9 Å². The molecule has 4 nitrogen and oxygen atoms in total. The van der Waals surface area contributed by atoms with Gasteiger partial charge in [-0.25, -0.2) is 4.98 Å². The molecular formula is C22H19N3OS. The molecule has 0 saturated carbocycles. The first-order valence-corrected chi connectivity index (χ1v) is 9.70. The Labute approximate surface area is 162 Å². The van der Waals surface area contributed by atoms with E-state index in [4.69, 9.17) is 0 Å². The third-order valence-electron chi connectivity index (χ3n) is 4.39. The van der Waals surface area contributed by atoms with Crippen molar-refractivity contribution in [3.05, 3.63) is 89.6 Å². The lowest BCUT2D eigenvalue weighted by atomic mass is 10.1. The fraction of sp³-hybridized carbons (Fsp3) is 0.0909. The molecule has 4 rings (SSSR count). The van der Waals surface area contributed by atoms with Crippen molar-refractivity contribution >= 4 is 22.4 Å². The highest BCUT2D eigenvalue weighted by atomic mass is 32.1. The van der Waals surface area contributed by atoms with E-state index in [1.165, 1.54) is 16.9 Å². The van der Waals surface area contributed by atoms with E-state index in [2.05, 4.69) is 41.5 Å². The van der Waals surface area contributed by atoms with Crippen molar-refractivity contribution < 1.29 is 4.79 Å². The van der Waals surface area contributed by atoms with Crippen LogP contribution in [0.2, 0.25) is 0 Å². The summed E-state index contributed by atoms with van der Waals surface area (Å²) < 4.78 is 1.97. The van der Waals surface area contributed by atoms with Crippen molar-refractivity contribution in [2.75, 3.05) is 5.32 Å². The average Bonchev–Trinajstić information content (AvgIpc) is 3.40. The van der Waals surface area contributed by atoms with E-state index in [-0.39, 0.29) is 5.91 Å². The molecule has 0 bridgehead atoms. The van der Waals surface area contributed by atoms with E-state index in [9.17, 15) is 4.79 Å². The minimum atomic E-state index is -0.161. The van der Waals surface area contributed by atoms with Crippen LogP contribution >= 0.6 is 11.3 Å². The molecule has 1 N–H and O–H groups in total. The minimum Gasteiger partial charge on any atom is -0.324 e. The summed E-state index contributed by atoms with van der Waals surface area (Å²) in [6.07, 6.45) is 4.92. The smallest absolute Gasteiger partial charge is 0.257 e. The summed E-state index contributed by atoms with van der Waals surface area (Å²) >= 11 is 1.43. The number of aromatic nitrogens is 2. The molecule has 0 saturated heterocycles. The quantitative estimate of drug-likeness (QED) is 0.508. The van der Waals surface area contributed by atoms with E-state index in [0.29, 0.717) is 10.7 Å². The number of anilines is 1. The molecule has 0 unspecified atom stereocenters. The number of nitrogens with one attached hydrogen (secondary N) is 1. The summed E-state index contributed by atoms with van der Waals surface area (Å²) in [5, 5.41) is 5.47. The maximum atomic E-state index is 12.6. The number of hydrogen-bond acceptors (Lipinski definition) is 3. The van der Waals surface area contributed by atoms with Crippen LogP contribution in [0, 0.1) is 0 Å². The van der Waals surface area contributed by atoms with Crippen LogP contribution in [0.25, 0.3) is 16.9 Å². The normalized spacial score (nSPS) is 10.7. The Morgan fingerprint density at radius 3 is 2.59 bits per heavy atom. The van der Waals surface area contributed by atoms with Crippen LogP contribution < -0.4 is 5.32 Å². The summed E-state index contributed by atoms with van der Waals surface area (Å²) in [5.74, 6) is -0.161. The first-order valence-electron chi connectivity index (χ1n) is 8.82. The number of thiazole rings is 1. The molecule has 0 fully saturated rings. The molecule has 5 heteroatoms. The van der Waals surface area contributed by atoms with Gasteiger partial charge in [0.05, 0.1) is 5.69 Å². The average molecular weight is 373 g/mol. The number of rotatable bonds is 5. The SMILES string of the molecule is CCc1ccc(-c2csc(NC(=O)c3cccc(-n4cccc4)c3)n2)cc1. The van der Waals surface area contributed by atoms with Gasteiger partial charge in [-0.3, -0.25) is 10.1 Å². The van der Waals surface area contributed by atoms with E-state index >= 15 is 0 Å². The topological polar surface area (TPSA) is 46.9 Å². The Morgan fingerprint density at radius 1 is 1.07 bits per heavy atom. The minimum absolute atomic E-state index is 0.161. The van der Waals surface area contributed by atoms with Crippen LogP contribution in [0.1, 0.15) is 22.8 Å². The molecule has 4 aromatic rings. The van der Waals surface area contributed by atoms with Gasteiger partial charge in [-0.2, -0.15) is 0 Å². The zero-order valence-corrected chi connectivity index (χ0v) is 15.7. The Hall–Kier alpha value is -3.18. The highest BCUT2D eigenvalue weighted by molar-refractivity contribution is 7.14. The van der Waals surface area contributed by atoms with Gasteiger partial charge in [0.1, 0.15) is 0 Å². The number of aryl methyl sites for hydroxylation is 1. The van der Waals surface area contributed by atoms with Gasteiger partial charge in [-0.1, -0.05) is 37.3 Å². The number of amides is 1. The molecule has 0 aliphatic carbocycles. The molecule has 1 amide bonds. The molecule has 0 atom stereocenters. The zero-order valence-electron chi connectivity index (χ0n) is 14.9. The van der Waals surface area contributed by atoms with Crippen LogP contribution in [0.3, 0.4) is 0 Å². The van der Waals surface area contributed by atoms with Crippen molar-refractivity contribution in [2.45, 2.75) is 13.3 Å². The lowest BCUT2D eigenvalue weighted by molar-refractivity contribution is 0.102. The predicted molar refractivity (Wildman–Crippen MR) is 111 cm³/mol. The van der Waals surface area contributed by atoms with E-state index in [1.807, 2.05) is 52.7 Å². The molecular weight excluding hydrogens is 354 g/mol. The third-order valence-corrected chi connectivity index (χ3v) is 5.15. The second-order valence-corrected chi connectivity index (χ2v) is 7.04. The molecule has 134 valence electrons. The Bertz CT molecular complexity index is 1050. The fourth-order valence-corrected chi connectivity index (χ4v) is 3.57. The van der Waals surface area contributed by atoms with Gasteiger partial charge in [0.25, 0.3) is 5.91 Å². The highest BCUT2D eigenvalue weighted by Gasteiger charge is 2.11. The number of hydrogen-bond donors (Lipinski definition) is 1. The lowest BCUT2D eigenvalue weighted by Gasteiger charge is -2.06. The summed E-state index contributed by atoms with van der Waals surface area (Å²) in [7, 11) is 0. The number of benzene rings is 2. The zero-order chi connectivity index (χ0) is 18.6. The summed E-state index contributed by atoms with van der Waals surface area (Å²) in [4.78, 5) is 17.2. The van der Waals surface area contributed by atoms with Crippen molar-refractivity contribution in [1.82, 2.24) is 9.55 Å². The van der Waals surface area contributed by atoms with Crippen LogP contribution in [0.15, 0.2) is 78.4 Å². The maximum absolute atomic E-state index is 12.6. The van der Waals surface area contributed by atoms with Gasteiger partial charge in [0.2, 0.25) is 0 Å². The molecule has 0 radical (unpaired) electrons. The molecule has 0 aliphatic rings. The van der Waals surface area contributed by atoms with Gasteiger partial charge in [0, 0.05) is 34.6 Å². The Kier molecular flexibility index (Phi) is 4.85. The number of carbonyl (C=O) groups excluding carboxylic acids is 1. The summed E-state index contributed by atoms with van der Waals surface area (Å²) in [6.45, 7) is 2.14. The molecule has 2 heterocycles. The van der Waals surface area contributed by atoms with Gasteiger partial charge >= 0.3 is 0 Å². The van der Waals surface area contributed by atoms with Gasteiger partial charge < -0.3 is 4.57 Å². The monoisotopic (exact) mass is 373 g/mol. The van der Waals surface area contributed by atoms with E-state index in [1.54, 1.807) is 6.07 Å². The number of nitrogens with zero attached hydrogens (tertiary/aromatic N) is 2. The second kappa shape index (κ2) is 7.60. The van der Waals surface area contributed by atoms with Crippen molar-refractivity contribution in [3.63, 3.8) is 0 Å². The van der Waals surface area contributed by atoms with Crippen molar-refractivity contribution in [1.29, 1.82) is 0 Å². The molecule has 2 aromatic heterocycles. The van der Waals surface area contributed by atoms with Crippen LogP contribution in [-0.4, -0.2) is 15.5 Å². The molecule has 27 heavy (non-hydrogen) atoms. The van der Waals surface area contributed by atoms with Crippen LogP contribution in [-0.2, 0) is 6.42 Å². The lowest BCUT2D eigenvalue weighted by Crippen LogP contribution is -2.12. The van der Waals surface area contributed by atoms with Crippen molar-refractivity contribution in [2.24, 2.45) is 0 Å². The van der Waals surface area contributed by atoms with Gasteiger partial charge in [0.15, 0.2) is 5.13 Å². The first kappa shape index (κ1) is 17.2. The van der Waals surface area contributed by atoms with E-state index < -0.39 is 0 Å². The van der Waals surface area contributed by atoms with Gasteiger partial charge in [-0.05, 0) is 42.3 Å². The molecule has 2 aromatic carbocycles. The summed E-state index contributed by atoms with van der Waals surface area (Å²) in [5.41, 5.74) is 4.77. The predicted octanol–water partition coefficient (Wildman–Crippen LogP) is 5.42.